The van der Waals surface area contributed by atoms with Gasteiger partial charge in [0.1, 0.15) is 5.78 Å². The van der Waals surface area contributed by atoms with E-state index in [1.54, 1.807) is 0 Å². The molecule has 0 spiro atoms. The zero-order chi connectivity index (χ0) is 13.8. The number of carbonyl (C=O) groups excluding carboxylic acids is 1. The van der Waals surface area contributed by atoms with Crippen molar-refractivity contribution in [2.24, 2.45) is 0 Å². The van der Waals surface area contributed by atoms with E-state index in [1.807, 2.05) is 0 Å². The van der Waals surface area contributed by atoms with E-state index in [1.165, 1.54) is 64.2 Å². The first-order valence-corrected chi connectivity index (χ1v) is 9.14. The van der Waals surface area contributed by atoms with Crippen molar-refractivity contribution < 1.29 is 4.79 Å². The van der Waals surface area contributed by atoms with Crippen molar-refractivity contribution in [2.75, 3.05) is 0 Å². The molecular formula is C18H31NO. The first-order chi connectivity index (χ1) is 9.84. The Morgan fingerprint density at radius 1 is 0.600 bits per heavy atom. The molecule has 3 saturated carbocycles. The summed E-state index contributed by atoms with van der Waals surface area (Å²) in [4.78, 5) is 14.5. The van der Waals surface area contributed by atoms with Crippen LogP contribution in [0.4, 0.5) is 0 Å². The summed E-state index contributed by atoms with van der Waals surface area (Å²) in [5, 5.41) is 0. The van der Waals surface area contributed by atoms with Gasteiger partial charge in [0.2, 0.25) is 0 Å². The Bertz CT molecular complexity index is 287. The zero-order valence-electron chi connectivity index (χ0n) is 13.0. The van der Waals surface area contributed by atoms with Crippen LogP contribution in [0, 0.1) is 0 Å². The van der Waals surface area contributed by atoms with Crippen molar-refractivity contribution in [2.45, 2.75) is 108 Å². The van der Waals surface area contributed by atoms with E-state index < -0.39 is 0 Å². The van der Waals surface area contributed by atoms with Crippen molar-refractivity contribution in [3.05, 3.63) is 0 Å². The van der Waals surface area contributed by atoms with E-state index in [0.717, 1.165) is 43.8 Å². The summed E-state index contributed by atoms with van der Waals surface area (Å²) in [6.07, 6.45) is 18.3. The zero-order valence-corrected chi connectivity index (χ0v) is 13.0. The number of hydrogen-bond acceptors (Lipinski definition) is 2. The molecule has 0 aromatic heterocycles. The third-order valence-corrected chi connectivity index (χ3v) is 5.93. The lowest BCUT2D eigenvalue weighted by atomic mass is 9.84. The number of hydrogen-bond donors (Lipinski definition) is 0. The van der Waals surface area contributed by atoms with Gasteiger partial charge in [-0.1, -0.05) is 38.5 Å². The van der Waals surface area contributed by atoms with Gasteiger partial charge in [-0.05, 0) is 38.5 Å². The molecule has 114 valence electrons. The Labute approximate surface area is 124 Å². The Kier molecular flexibility index (Phi) is 5.14. The molecule has 3 aliphatic rings. The van der Waals surface area contributed by atoms with E-state index in [-0.39, 0.29) is 0 Å². The van der Waals surface area contributed by atoms with E-state index in [4.69, 9.17) is 0 Å². The van der Waals surface area contributed by atoms with Crippen molar-refractivity contribution in [1.29, 1.82) is 0 Å². The van der Waals surface area contributed by atoms with E-state index >= 15 is 0 Å². The summed E-state index contributed by atoms with van der Waals surface area (Å²) in [5.41, 5.74) is 0. The Morgan fingerprint density at radius 2 is 1.00 bits per heavy atom. The molecule has 3 fully saturated rings. The highest BCUT2D eigenvalue weighted by Gasteiger charge is 2.35. The first-order valence-electron chi connectivity index (χ1n) is 9.14. The third kappa shape index (κ3) is 3.44. The molecule has 0 aromatic carbocycles. The van der Waals surface area contributed by atoms with Crippen LogP contribution in [0.25, 0.3) is 0 Å². The molecule has 0 amide bonds. The minimum Gasteiger partial charge on any atom is -0.300 e. The largest absolute Gasteiger partial charge is 0.300 e. The number of rotatable bonds is 3. The van der Waals surface area contributed by atoms with Crippen LogP contribution < -0.4 is 0 Å². The maximum absolute atomic E-state index is 11.6. The minimum absolute atomic E-state index is 0.508. The molecule has 20 heavy (non-hydrogen) atoms. The monoisotopic (exact) mass is 277 g/mol. The normalized spacial score (nSPS) is 28.1. The fourth-order valence-corrected chi connectivity index (χ4v) is 4.88. The number of ketones is 1. The molecule has 0 aromatic rings. The van der Waals surface area contributed by atoms with Gasteiger partial charge in [-0.25, -0.2) is 0 Å². The van der Waals surface area contributed by atoms with Crippen molar-refractivity contribution in [1.82, 2.24) is 4.90 Å². The molecule has 3 rings (SSSR count). The average Bonchev–Trinajstić information content (AvgIpc) is 2.52. The standard InChI is InChI=1S/C18H31NO/c20-18-13-11-17(12-14-18)19(15-7-3-1-4-8-15)16-9-5-2-6-10-16/h15-17H,1-14H2. The SMILES string of the molecule is O=C1CCC(N(C2CCCCC2)C2CCCCC2)CC1. The van der Waals surface area contributed by atoms with Crippen LogP contribution >= 0.6 is 0 Å². The van der Waals surface area contributed by atoms with Crippen molar-refractivity contribution >= 4 is 5.78 Å². The van der Waals surface area contributed by atoms with Crippen LogP contribution in [-0.2, 0) is 4.79 Å². The fraction of sp³-hybridized carbons (Fsp3) is 0.944. The molecule has 0 N–H and O–H groups in total. The van der Waals surface area contributed by atoms with Crippen LogP contribution in [0.15, 0.2) is 0 Å². The lowest BCUT2D eigenvalue weighted by molar-refractivity contribution is -0.122. The molecule has 2 nitrogen and oxygen atoms in total. The summed E-state index contributed by atoms with van der Waals surface area (Å²) in [6.45, 7) is 0. The summed E-state index contributed by atoms with van der Waals surface area (Å²) in [7, 11) is 0. The molecule has 0 radical (unpaired) electrons. The summed E-state index contributed by atoms with van der Waals surface area (Å²) in [5.74, 6) is 0.508. The maximum Gasteiger partial charge on any atom is 0.133 e. The second-order valence-electron chi connectivity index (χ2n) is 7.30. The van der Waals surface area contributed by atoms with Crippen molar-refractivity contribution in [3.8, 4) is 0 Å². The lowest BCUT2D eigenvalue weighted by Gasteiger charge is -2.47. The van der Waals surface area contributed by atoms with Crippen LogP contribution in [-0.4, -0.2) is 28.8 Å². The number of nitrogens with zero attached hydrogens (tertiary/aromatic N) is 1. The quantitative estimate of drug-likeness (QED) is 0.759. The molecule has 3 aliphatic carbocycles. The van der Waals surface area contributed by atoms with E-state index in [0.29, 0.717) is 5.78 Å². The molecule has 0 aliphatic heterocycles. The molecule has 0 unspecified atom stereocenters. The fourth-order valence-electron chi connectivity index (χ4n) is 4.88. The van der Waals surface area contributed by atoms with Gasteiger partial charge in [0, 0.05) is 31.0 Å². The van der Waals surface area contributed by atoms with Crippen LogP contribution in [0.1, 0.15) is 89.9 Å². The highest BCUT2D eigenvalue weighted by Crippen LogP contribution is 2.35. The Morgan fingerprint density at radius 3 is 1.45 bits per heavy atom. The van der Waals surface area contributed by atoms with Gasteiger partial charge in [0.05, 0.1) is 0 Å². The van der Waals surface area contributed by atoms with Gasteiger partial charge in [0.25, 0.3) is 0 Å². The molecule has 2 heteroatoms. The molecular weight excluding hydrogens is 246 g/mol. The molecule has 0 saturated heterocycles. The topological polar surface area (TPSA) is 20.3 Å². The number of Topliss-reactive ketones (excluding diaryl/α,β-unsaturated/α-hetero) is 1. The Balaban J connectivity index is 1.69. The number of carbonyl (C=O) groups is 1. The first kappa shape index (κ1) is 14.6. The maximum atomic E-state index is 11.6. The summed E-state index contributed by atoms with van der Waals surface area (Å²) < 4.78 is 0. The highest BCUT2D eigenvalue weighted by molar-refractivity contribution is 5.79. The third-order valence-electron chi connectivity index (χ3n) is 5.93. The van der Waals surface area contributed by atoms with Gasteiger partial charge >= 0.3 is 0 Å². The van der Waals surface area contributed by atoms with Gasteiger partial charge in [-0.2, -0.15) is 0 Å². The second-order valence-corrected chi connectivity index (χ2v) is 7.30. The molecule has 0 bridgehead atoms. The highest BCUT2D eigenvalue weighted by atomic mass is 16.1. The smallest absolute Gasteiger partial charge is 0.133 e. The van der Waals surface area contributed by atoms with Crippen LogP contribution in [0.3, 0.4) is 0 Å². The lowest BCUT2D eigenvalue weighted by Crippen LogP contribution is -2.52. The van der Waals surface area contributed by atoms with Gasteiger partial charge in [-0.15, -0.1) is 0 Å². The predicted octanol–water partition coefficient (Wildman–Crippen LogP) is 4.47. The summed E-state index contributed by atoms with van der Waals surface area (Å²) >= 11 is 0. The Hall–Kier alpha value is -0.370. The van der Waals surface area contributed by atoms with E-state index in [2.05, 4.69) is 4.90 Å². The van der Waals surface area contributed by atoms with Crippen LogP contribution in [0.5, 0.6) is 0 Å². The van der Waals surface area contributed by atoms with Gasteiger partial charge in [0.15, 0.2) is 0 Å². The average molecular weight is 277 g/mol. The van der Waals surface area contributed by atoms with Crippen LogP contribution in [0.2, 0.25) is 0 Å². The minimum atomic E-state index is 0.508. The molecule has 0 atom stereocenters. The van der Waals surface area contributed by atoms with Crippen molar-refractivity contribution in [3.63, 3.8) is 0 Å². The summed E-state index contributed by atoms with van der Waals surface area (Å²) in [6, 6.07) is 2.40. The second kappa shape index (κ2) is 7.06. The van der Waals surface area contributed by atoms with Gasteiger partial charge < -0.3 is 0 Å². The predicted molar refractivity (Wildman–Crippen MR) is 82.8 cm³/mol. The molecule has 0 heterocycles. The van der Waals surface area contributed by atoms with Gasteiger partial charge in [-0.3, -0.25) is 9.69 Å². The van der Waals surface area contributed by atoms with E-state index in [9.17, 15) is 4.79 Å².